The summed E-state index contributed by atoms with van der Waals surface area (Å²) in [4.78, 5) is 58.4. The minimum absolute atomic E-state index is 0.145. The van der Waals surface area contributed by atoms with Crippen LogP contribution in [0.15, 0.2) is 0 Å². The van der Waals surface area contributed by atoms with Crippen molar-refractivity contribution in [3.8, 4) is 0 Å². The highest BCUT2D eigenvalue weighted by atomic mass is 32.1. The summed E-state index contributed by atoms with van der Waals surface area (Å²) in [5.74, 6) is -4.34. The van der Waals surface area contributed by atoms with Gasteiger partial charge in [-0.25, -0.2) is 4.79 Å². The highest BCUT2D eigenvalue weighted by Gasteiger charge is 2.28. The van der Waals surface area contributed by atoms with Gasteiger partial charge in [0, 0.05) is 5.75 Å². The Bertz CT molecular complexity index is 600. The quantitative estimate of drug-likeness (QED) is 0.173. The Morgan fingerprint density at radius 2 is 1.46 bits per heavy atom. The van der Waals surface area contributed by atoms with Crippen LogP contribution in [0.25, 0.3) is 0 Å². The summed E-state index contributed by atoms with van der Waals surface area (Å²) in [6, 6.07) is -4.48. The molecule has 0 bridgehead atoms. The summed E-state index contributed by atoms with van der Waals surface area (Å²) in [5, 5.41) is 15.9. The maximum Gasteiger partial charge on any atom is 0.326 e. The molecule has 28 heavy (non-hydrogen) atoms. The number of nitrogens with one attached hydrogen (secondary N) is 3. The van der Waals surface area contributed by atoms with E-state index < -0.39 is 60.2 Å². The molecule has 0 heterocycles. The van der Waals surface area contributed by atoms with E-state index >= 15 is 0 Å². The lowest BCUT2D eigenvalue weighted by Gasteiger charge is -2.22. The van der Waals surface area contributed by atoms with Gasteiger partial charge >= 0.3 is 5.97 Å². The van der Waals surface area contributed by atoms with E-state index in [1.54, 1.807) is 0 Å². The first-order valence-corrected chi connectivity index (χ1v) is 9.30. The minimum atomic E-state index is -1.53. The number of carboxylic acids is 1. The highest BCUT2D eigenvalue weighted by Crippen LogP contribution is 2.03. The van der Waals surface area contributed by atoms with Gasteiger partial charge < -0.3 is 32.5 Å². The number of carbonyl (C=O) groups excluding carboxylic acids is 4. The van der Waals surface area contributed by atoms with Crippen molar-refractivity contribution in [3.05, 3.63) is 0 Å². The van der Waals surface area contributed by atoms with Gasteiger partial charge in [0.1, 0.15) is 18.1 Å². The third kappa shape index (κ3) is 9.55. The first-order valence-electron chi connectivity index (χ1n) is 8.67. The fraction of sp³-hybridized carbons (Fsp3) is 0.688. The van der Waals surface area contributed by atoms with Crippen molar-refractivity contribution >= 4 is 42.2 Å². The average molecular weight is 420 g/mol. The Kier molecular flexibility index (Phi) is 11.2. The first-order chi connectivity index (χ1) is 12.9. The molecule has 0 aliphatic heterocycles. The van der Waals surface area contributed by atoms with Gasteiger partial charge in [0.15, 0.2) is 0 Å². The fourth-order valence-electron chi connectivity index (χ4n) is 2.17. The molecule has 0 saturated heterocycles. The van der Waals surface area contributed by atoms with Crippen LogP contribution < -0.4 is 27.4 Å². The van der Waals surface area contributed by atoms with Crippen molar-refractivity contribution in [2.24, 2.45) is 17.4 Å². The van der Waals surface area contributed by atoms with Gasteiger partial charge in [0.05, 0.1) is 12.5 Å². The topological polar surface area (TPSA) is 194 Å². The van der Waals surface area contributed by atoms with Gasteiger partial charge in [-0.3, -0.25) is 19.2 Å². The number of hydrogen-bond acceptors (Lipinski definition) is 7. The van der Waals surface area contributed by atoms with Crippen LogP contribution in [-0.4, -0.2) is 64.6 Å². The number of primary amides is 1. The summed E-state index contributed by atoms with van der Waals surface area (Å²) in [6.07, 6.45) is -0.160. The average Bonchev–Trinajstić information content (AvgIpc) is 2.57. The highest BCUT2D eigenvalue weighted by molar-refractivity contribution is 7.80. The molecule has 0 rings (SSSR count). The summed E-state index contributed by atoms with van der Waals surface area (Å²) < 4.78 is 0. The van der Waals surface area contributed by atoms with Crippen molar-refractivity contribution < 1.29 is 29.1 Å². The number of amides is 4. The van der Waals surface area contributed by atoms with Crippen molar-refractivity contribution in [2.45, 2.75) is 57.8 Å². The molecule has 0 saturated carbocycles. The van der Waals surface area contributed by atoms with Crippen LogP contribution in [0, 0.1) is 5.92 Å². The molecule has 0 fully saturated rings. The van der Waals surface area contributed by atoms with E-state index in [4.69, 9.17) is 16.6 Å². The van der Waals surface area contributed by atoms with Crippen LogP contribution in [-0.2, 0) is 24.0 Å². The third-order valence-electron chi connectivity index (χ3n) is 3.65. The molecule has 8 N–H and O–H groups in total. The Labute approximate surface area is 168 Å². The van der Waals surface area contributed by atoms with Crippen LogP contribution in [0.2, 0.25) is 0 Å². The Balaban J connectivity index is 4.83. The molecular weight excluding hydrogens is 390 g/mol. The van der Waals surface area contributed by atoms with E-state index in [1.807, 2.05) is 13.8 Å². The molecule has 0 aromatic heterocycles. The first kappa shape index (κ1) is 25.7. The van der Waals surface area contributed by atoms with Crippen molar-refractivity contribution in [2.75, 3.05) is 5.75 Å². The Morgan fingerprint density at radius 3 is 1.89 bits per heavy atom. The largest absolute Gasteiger partial charge is 0.480 e. The normalized spacial score (nSPS) is 15.1. The number of rotatable bonds is 12. The van der Waals surface area contributed by atoms with Gasteiger partial charge in [-0.05, 0) is 19.3 Å². The molecule has 0 aromatic rings. The zero-order valence-electron chi connectivity index (χ0n) is 16.1. The monoisotopic (exact) mass is 419 g/mol. The van der Waals surface area contributed by atoms with E-state index in [-0.39, 0.29) is 11.7 Å². The molecule has 160 valence electrons. The Hall–Kier alpha value is -2.34. The fourth-order valence-corrected chi connectivity index (χ4v) is 2.42. The predicted molar refractivity (Wildman–Crippen MR) is 104 cm³/mol. The molecule has 0 spiro atoms. The number of aliphatic carboxylic acids is 1. The van der Waals surface area contributed by atoms with Crippen LogP contribution in [0.1, 0.15) is 33.6 Å². The summed E-state index contributed by atoms with van der Waals surface area (Å²) in [6.45, 7) is 5.22. The minimum Gasteiger partial charge on any atom is -0.480 e. The Morgan fingerprint density at radius 1 is 0.929 bits per heavy atom. The van der Waals surface area contributed by atoms with Crippen molar-refractivity contribution in [1.82, 2.24) is 16.0 Å². The van der Waals surface area contributed by atoms with E-state index in [0.29, 0.717) is 6.42 Å². The van der Waals surface area contributed by atoms with Gasteiger partial charge in [-0.2, -0.15) is 12.6 Å². The molecule has 11 nitrogen and oxygen atoms in total. The summed E-state index contributed by atoms with van der Waals surface area (Å²) in [7, 11) is 0. The predicted octanol–water partition coefficient (Wildman–Crippen LogP) is -2.28. The van der Waals surface area contributed by atoms with Crippen LogP contribution >= 0.6 is 12.6 Å². The van der Waals surface area contributed by atoms with Gasteiger partial charge in [0.25, 0.3) is 0 Å². The van der Waals surface area contributed by atoms with Crippen molar-refractivity contribution in [3.63, 3.8) is 0 Å². The van der Waals surface area contributed by atoms with Crippen LogP contribution in [0.4, 0.5) is 0 Å². The SMILES string of the molecule is CC(C)CC(N)C(=O)NC(C)C(=O)NC(CS)C(=O)NC(CC(N)=O)C(=O)O. The van der Waals surface area contributed by atoms with Crippen molar-refractivity contribution in [1.29, 1.82) is 0 Å². The molecule has 4 unspecified atom stereocenters. The van der Waals surface area contributed by atoms with Crippen LogP contribution in [0.3, 0.4) is 0 Å². The molecular formula is C16H29N5O6S. The lowest BCUT2D eigenvalue weighted by Crippen LogP contribution is -2.57. The maximum absolute atomic E-state index is 12.2. The zero-order valence-corrected chi connectivity index (χ0v) is 17.0. The number of nitrogens with two attached hydrogens (primary N) is 2. The summed E-state index contributed by atoms with van der Waals surface area (Å²) in [5.41, 5.74) is 10.7. The number of carboxylic acid groups (broad SMARTS) is 1. The smallest absolute Gasteiger partial charge is 0.326 e. The number of thiol groups is 1. The second-order valence-electron chi connectivity index (χ2n) is 6.78. The number of hydrogen-bond donors (Lipinski definition) is 7. The maximum atomic E-state index is 12.2. The van der Waals surface area contributed by atoms with Crippen LogP contribution in [0.5, 0.6) is 0 Å². The third-order valence-corrected chi connectivity index (χ3v) is 4.01. The van der Waals surface area contributed by atoms with Gasteiger partial charge in [-0.1, -0.05) is 13.8 Å². The van der Waals surface area contributed by atoms with E-state index in [0.717, 1.165) is 0 Å². The molecule has 0 aliphatic rings. The van der Waals surface area contributed by atoms with E-state index in [2.05, 4.69) is 28.6 Å². The zero-order chi connectivity index (χ0) is 22.0. The molecule has 0 radical (unpaired) electrons. The second-order valence-corrected chi connectivity index (χ2v) is 7.15. The van der Waals surface area contributed by atoms with E-state index in [1.165, 1.54) is 6.92 Å². The molecule has 4 atom stereocenters. The molecule has 0 aromatic carbocycles. The van der Waals surface area contributed by atoms with Gasteiger partial charge in [0.2, 0.25) is 23.6 Å². The van der Waals surface area contributed by atoms with Gasteiger partial charge in [-0.15, -0.1) is 0 Å². The lowest BCUT2D eigenvalue weighted by molar-refractivity contribution is -0.143. The summed E-state index contributed by atoms with van der Waals surface area (Å²) >= 11 is 3.96. The molecule has 0 aliphatic carbocycles. The standard InChI is InChI=1S/C16H29N5O6S/c1-7(2)4-9(17)14(24)19-8(3)13(23)21-11(6-28)15(25)20-10(16(26)27)5-12(18)22/h7-11,28H,4-6,17H2,1-3H3,(H2,18,22)(H,19,24)(H,20,25)(H,21,23)(H,26,27). The molecule has 12 heteroatoms. The number of carbonyl (C=O) groups is 5. The second kappa shape index (κ2) is 12.2. The lowest BCUT2D eigenvalue weighted by atomic mass is 10.0. The van der Waals surface area contributed by atoms with E-state index in [9.17, 15) is 24.0 Å². The molecule has 4 amide bonds.